The van der Waals surface area contributed by atoms with Gasteiger partial charge in [0.05, 0.1) is 16.9 Å². The zero-order valence-electron chi connectivity index (χ0n) is 19.7. The van der Waals surface area contributed by atoms with Gasteiger partial charge in [-0.15, -0.1) is 0 Å². The van der Waals surface area contributed by atoms with Crippen molar-refractivity contribution in [3.8, 4) is 0 Å². The third-order valence-corrected chi connectivity index (χ3v) is 6.75. The smallest absolute Gasteiger partial charge is 0.306 e. The van der Waals surface area contributed by atoms with E-state index in [0.29, 0.717) is 48.4 Å². The molecule has 1 fully saturated rings. The van der Waals surface area contributed by atoms with Crippen LogP contribution in [-0.2, 0) is 20.9 Å². The van der Waals surface area contributed by atoms with Crippen molar-refractivity contribution in [2.24, 2.45) is 0 Å². The molecule has 2 aliphatic heterocycles. The number of carbonyl (C=O) groups excluding carboxylic acids is 3. The summed E-state index contributed by atoms with van der Waals surface area (Å²) in [5, 5.41) is 0. The van der Waals surface area contributed by atoms with Crippen LogP contribution in [0.3, 0.4) is 0 Å². The summed E-state index contributed by atoms with van der Waals surface area (Å²) in [6, 6.07) is 12.1. The molecule has 1 saturated heterocycles. The number of aryl methyl sites for hydroxylation is 1. The summed E-state index contributed by atoms with van der Waals surface area (Å²) in [4.78, 5) is 58.4. The molecule has 0 aliphatic carbocycles. The average molecular weight is 475 g/mol. The molecular weight excluding hydrogens is 448 g/mol. The van der Waals surface area contributed by atoms with Gasteiger partial charge < -0.3 is 9.64 Å². The van der Waals surface area contributed by atoms with Crippen LogP contribution in [0.15, 0.2) is 53.5 Å². The first-order valence-corrected chi connectivity index (χ1v) is 11.7. The van der Waals surface area contributed by atoms with Crippen LogP contribution in [-0.4, -0.2) is 44.3 Å². The van der Waals surface area contributed by atoms with Gasteiger partial charge in [0.1, 0.15) is 17.9 Å². The second kappa shape index (κ2) is 8.65. The lowest BCUT2D eigenvalue weighted by molar-refractivity contribution is -0.145. The Kier molecular flexibility index (Phi) is 5.62. The van der Waals surface area contributed by atoms with Gasteiger partial charge in [-0.25, -0.2) is 4.98 Å². The van der Waals surface area contributed by atoms with Crippen LogP contribution in [0.1, 0.15) is 54.2 Å². The van der Waals surface area contributed by atoms with Gasteiger partial charge >= 0.3 is 5.97 Å². The fourth-order valence-electron chi connectivity index (χ4n) is 4.98. The number of aromatic nitrogens is 2. The van der Waals surface area contributed by atoms with E-state index in [0.717, 1.165) is 5.56 Å². The van der Waals surface area contributed by atoms with E-state index in [2.05, 4.69) is 4.98 Å². The molecule has 2 aromatic heterocycles. The van der Waals surface area contributed by atoms with E-state index < -0.39 is 11.6 Å². The molecule has 0 spiro atoms. The maximum Gasteiger partial charge on any atom is 0.306 e. The number of hydrogen-bond donors (Lipinski definition) is 0. The number of fused-ring (bicyclic) bond motifs is 4. The first-order valence-electron chi connectivity index (χ1n) is 11.7. The summed E-state index contributed by atoms with van der Waals surface area (Å²) in [7, 11) is 0. The minimum Gasteiger partial charge on any atom is -0.459 e. The number of benzene rings is 1. The minimum atomic E-state index is -0.748. The number of nitrogens with zero attached hydrogens (tertiary/aromatic N) is 4. The van der Waals surface area contributed by atoms with Crippen LogP contribution in [0.2, 0.25) is 0 Å². The summed E-state index contributed by atoms with van der Waals surface area (Å²) in [6.07, 6.45) is 3.10. The molecule has 0 bridgehead atoms. The average Bonchev–Trinajstić information content (AvgIpc) is 3.15. The number of pyridine rings is 1. The van der Waals surface area contributed by atoms with Crippen LogP contribution in [0.5, 0.6) is 0 Å². The summed E-state index contributed by atoms with van der Waals surface area (Å²) < 4.78 is 6.79. The van der Waals surface area contributed by atoms with Gasteiger partial charge in [0, 0.05) is 31.6 Å². The minimum absolute atomic E-state index is 0.00851. The Bertz CT molecular complexity index is 1410. The van der Waals surface area contributed by atoms with Crippen LogP contribution >= 0.6 is 0 Å². The summed E-state index contributed by atoms with van der Waals surface area (Å²) >= 11 is 0. The molecule has 0 saturated carbocycles. The Morgan fingerprint density at radius 2 is 1.94 bits per heavy atom. The third kappa shape index (κ3) is 3.96. The van der Waals surface area contributed by atoms with Crippen molar-refractivity contribution in [2.75, 3.05) is 11.4 Å². The molecule has 180 valence electrons. The Morgan fingerprint density at radius 1 is 1.14 bits per heavy atom. The molecule has 0 radical (unpaired) electrons. The first-order chi connectivity index (χ1) is 16.8. The van der Waals surface area contributed by atoms with Crippen LogP contribution in [0, 0.1) is 6.92 Å². The van der Waals surface area contributed by atoms with Gasteiger partial charge in [0.25, 0.3) is 11.5 Å². The fraction of sp³-hybridized carbons (Fsp3) is 0.346. The lowest BCUT2D eigenvalue weighted by atomic mass is 9.98. The summed E-state index contributed by atoms with van der Waals surface area (Å²) in [6.45, 7) is 4.00. The maximum absolute atomic E-state index is 13.2. The van der Waals surface area contributed by atoms with Crippen molar-refractivity contribution in [1.82, 2.24) is 14.3 Å². The number of ether oxygens (including phenoxy) is 1. The number of carbonyl (C=O) groups is 3. The highest BCUT2D eigenvalue weighted by Gasteiger charge is 2.52. The molecular formula is C26H26N4O5. The van der Waals surface area contributed by atoms with E-state index >= 15 is 0 Å². The largest absolute Gasteiger partial charge is 0.459 e. The van der Waals surface area contributed by atoms with Crippen LogP contribution < -0.4 is 10.5 Å². The number of para-hydroxylation sites is 1. The lowest BCUT2D eigenvalue weighted by Crippen LogP contribution is -2.62. The van der Waals surface area contributed by atoms with E-state index in [1.807, 2.05) is 26.0 Å². The second-order valence-electron chi connectivity index (χ2n) is 9.20. The predicted molar refractivity (Wildman–Crippen MR) is 128 cm³/mol. The molecule has 9 heteroatoms. The topological polar surface area (TPSA) is 101 Å². The Labute approximate surface area is 201 Å². The Balaban J connectivity index is 1.22. The number of anilines is 1. The quantitative estimate of drug-likeness (QED) is 0.509. The molecule has 1 unspecified atom stereocenters. The van der Waals surface area contributed by atoms with E-state index in [-0.39, 0.29) is 30.4 Å². The first kappa shape index (κ1) is 22.8. The van der Waals surface area contributed by atoms with E-state index in [1.54, 1.807) is 40.3 Å². The van der Waals surface area contributed by atoms with Gasteiger partial charge in [-0.3, -0.25) is 28.5 Å². The second-order valence-corrected chi connectivity index (χ2v) is 9.20. The van der Waals surface area contributed by atoms with Crippen molar-refractivity contribution in [3.05, 3.63) is 75.8 Å². The van der Waals surface area contributed by atoms with E-state index in [4.69, 9.17) is 4.74 Å². The fourth-order valence-corrected chi connectivity index (χ4v) is 4.98. The Morgan fingerprint density at radius 3 is 2.77 bits per heavy atom. The van der Waals surface area contributed by atoms with Crippen molar-refractivity contribution in [2.45, 2.75) is 51.8 Å². The van der Waals surface area contributed by atoms with Crippen LogP contribution in [0.4, 0.5) is 5.69 Å². The van der Waals surface area contributed by atoms with E-state index in [1.165, 1.54) is 10.5 Å². The van der Waals surface area contributed by atoms with Gasteiger partial charge in [-0.05, 0) is 50.5 Å². The Hall–Kier alpha value is -4.01. The number of esters is 1. The maximum atomic E-state index is 13.2. The number of hydrogen-bond acceptors (Lipinski definition) is 6. The lowest BCUT2D eigenvalue weighted by Gasteiger charge is -2.48. The molecule has 4 heterocycles. The molecule has 2 amide bonds. The van der Waals surface area contributed by atoms with Gasteiger partial charge in [-0.2, -0.15) is 0 Å². The molecule has 0 N–H and O–H groups in total. The normalized spacial score (nSPS) is 19.1. The van der Waals surface area contributed by atoms with Crippen molar-refractivity contribution in [3.63, 3.8) is 0 Å². The van der Waals surface area contributed by atoms with Crippen molar-refractivity contribution in [1.29, 1.82) is 0 Å². The van der Waals surface area contributed by atoms with Crippen molar-refractivity contribution >= 4 is 29.1 Å². The zero-order valence-corrected chi connectivity index (χ0v) is 19.7. The van der Waals surface area contributed by atoms with Gasteiger partial charge in [-0.1, -0.05) is 18.2 Å². The third-order valence-electron chi connectivity index (χ3n) is 6.75. The molecule has 35 heavy (non-hydrogen) atoms. The molecule has 3 aromatic rings. The van der Waals surface area contributed by atoms with Gasteiger partial charge in [0.15, 0.2) is 0 Å². The summed E-state index contributed by atoms with van der Waals surface area (Å²) in [5.74, 6) is -0.588. The molecule has 5 rings (SSSR count). The molecule has 1 aromatic carbocycles. The molecule has 1 atom stereocenters. The van der Waals surface area contributed by atoms with Gasteiger partial charge in [0.2, 0.25) is 5.91 Å². The highest BCUT2D eigenvalue weighted by molar-refractivity contribution is 6.10. The predicted octanol–water partition coefficient (Wildman–Crippen LogP) is 2.83. The van der Waals surface area contributed by atoms with E-state index in [9.17, 15) is 19.2 Å². The molecule has 9 nitrogen and oxygen atoms in total. The molecule has 2 aliphatic rings. The van der Waals surface area contributed by atoms with Crippen LogP contribution in [0.25, 0.3) is 5.65 Å². The van der Waals surface area contributed by atoms with Crippen molar-refractivity contribution < 1.29 is 19.1 Å². The number of amides is 2. The zero-order chi connectivity index (χ0) is 24.7. The standard InChI is InChI=1S/C26H26N4O5/c1-17-9-10-21-27-18(14-23(32)28(21)15-17)16-35-24(33)8-5-13-29-25(34)19-6-3-4-7-20(19)30-22(31)11-12-26(29,30)2/h3-4,6-7,9-10,14-15H,5,8,11-13,16H2,1-2H3. The highest BCUT2D eigenvalue weighted by atomic mass is 16.5. The SMILES string of the molecule is Cc1ccc2nc(COC(=O)CCCN3C(=O)c4ccccc4N4C(=O)CCC34C)cc(=O)n2c1. The monoisotopic (exact) mass is 474 g/mol. The highest BCUT2D eigenvalue weighted by Crippen LogP contribution is 2.44. The number of rotatable bonds is 6. The summed E-state index contributed by atoms with van der Waals surface area (Å²) in [5.41, 5.74) is 1.96.